The summed E-state index contributed by atoms with van der Waals surface area (Å²) in [6.45, 7) is 3.20. The Balaban J connectivity index is 1.64. The maximum absolute atomic E-state index is 6.16. The van der Waals surface area contributed by atoms with Gasteiger partial charge >= 0.3 is 0 Å². The second kappa shape index (κ2) is 3.22. The van der Waals surface area contributed by atoms with E-state index in [0.717, 1.165) is 31.1 Å². The van der Waals surface area contributed by atoms with Gasteiger partial charge in [0.1, 0.15) is 11.4 Å². The number of fused-ring (bicyclic) bond motifs is 1. The molecule has 17 heavy (non-hydrogen) atoms. The summed E-state index contributed by atoms with van der Waals surface area (Å²) in [4.78, 5) is 4.54. The molecular weight excluding hydrogens is 212 g/mol. The number of aromatic nitrogens is 1. The van der Waals surface area contributed by atoms with Crippen molar-refractivity contribution in [2.75, 3.05) is 6.54 Å². The fraction of sp³-hybridized carbons (Fsp3) is 0.643. The molecule has 4 rings (SSSR count). The van der Waals surface area contributed by atoms with Gasteiger partial charge in [0.05, 0.1) is 6.20 Å². The average Bonchev–Trinajstić information content (AvgIpc) is 3.01. The predicted octanol–water partition coefficient (Wildman–Crippen LogP) is 2.01. The van der Waals surface area contributed by atoms with Crippen LogP contribution in [0, 0.1) is 0 Å². The van der Waals surface area contributed by atoms with Crippen molar-refractivity contribution >= 4 is 0 Å². The molecule has 3 heteroatoms. The zero-order valence-corrected chi connectivity index (χ0v) is 10.2. The molecule has 1 saturated heterocycles. The highest BCUT2D eigenvalue weighted by molar-refractivity contribution is 5.40. The van der Waals surface area contributed by atoms with E-state index in [4.69, 9.17) is 4.74 Å². The Kier molecular flexibility index (Phi) is 1.88. The Labute approximate surface area is 102 Å². The molecule has 3 heterocycles. The van der Waals surface area contributed by atoms with Gasteiger partial charge in [0, 0.05) is 42.6 Å². The van der Waals surface area contributed by atoms with Crippen molar-refractivity contribution in [3.8, 4) is 5.75 Å². The van der Waals surface area contributed by atoms with Crippen LogP contribution in [0.25, 0.3) is 0 Å². The molecule has 0 unspecified atom stereocenters. The molecular formula is C14H18N2O. The Hall–Kier alpha value is -1.09. The highest BCUT2D eigenvalue weighted by Gasteiger charge is 2.44. The van der Waals surface area contributed by atoms with Crippen LogP contribution in [0.3, 0.4) is 0 Å². The normalized spacial score (nSPS) is 35.0. The first kappa shape index (κ1) is 9.89. The van der Waals surface area contributed by atoms with Crippen LogP contribution in [0.1, 0.15) is 43.4 Å². The first-order valence-corrected chi connectivity index (χ1v) is 6.65. The Morgan fingerprint density at radius 1 is 1.47 bits per heavy atom. The fourth-order valence-corrected chi connectivity index (χ4v) is 3.23. The Morgan fingerprint density at radius 3 is 3.06 bits per heavy atom. The van der Waals surface area contributed by atoms with Crippen molar-refractivity contribution in [1.29, 1.82) is 0 Å². The molecule has 2 fully saturated rings. The lowest BCUT2D eigenvalue weighted by Gasteiger charge is -2.21. The molecule has 0 bridgehead atoms. The molecule has 2 aliphatic heterocycles. The lowest BCUT2D eigenvalue weighted by atomic mass is 9.94. The molecule has 1 spiro atoms. The molecule has 1 aromatic heterocycles. The van der Waals surface area contributed by atoms with Crippen molar-refractivity contribution < 1.29 is 4.74 Å². The lowest BCUT2D eigenvalue weighted by Crippen LogP contribution is -2.36. The molecule has 1 N–H and O–H groups in total. The maximum Gasteiger partial charge on any atom is 0.141 e. The summed E-state index contributed by atoms with van der Waals surface area (Å²) in [5, 5.41) is 3.49. The second-order valence-corrected chi connectivity index (χ2v) is 5.94. The Morgan fingerprint density at radius 2 is 2.35 bits per heavy atom. The molecule has 90 valence electrons. The monoisotopic (exact) mass is 230 g/mol. The molecule has 0 amide bonds. The van der Waals surface area contributed by atoms with Crippen molar-refractivity contribution in [1.82, 2.24) is 10.3 Å². The number of pyridine rings is 1. The topological polar surface area (TPSA) is 34.2 Å². The second-order valence-electron chi connectivity index (χ2n) is 5.94. The first-order chi connectivity index (χ1) is 8.24. The van der Waals surface area contributed by atoms with E-state index in [1.54, 1.807) is 0 Å². The molecule has 3 aliphatic rings. The van der Waals surface area contributed by atoms with E-state index < -0.39 is 0 Å². The molecule has 0 aromatic carbocycles. The van der Waals surface area contributed by atoms with Crippen LogP contribution >= 0.6 is 0 Å². The average molecular weight is 230 g/mol. The molecule has 1 aliphatic carbocycles. The number of nitrogens with zero attached hydrogens (tertiary/aromatic N) is 1. The van der Waals surface area contributed by atoms with Gasteiger partial charge in [-0.2, -0.15) is 0 Å². The number of ether oxygens (including phenoxy) is 1. The fourth-order valence-electron chi connectivity index (χ4n) is 3.23. The molecule has 0 radical (unpaired) electrons. The summed E-state index contributed by atoms with van der Waals surface area (Å²) in [6.07, 6.45) is 6.75. The lowest BCUT2D eigenvalue weighted by molar-refractivity contribution is 0.115. The van der Waals surface area contributed by atoms with E-state index in [2.05, 4.69) is 23.3 Å². The SMILES string of the molecule is C[C@H]1C[C@@]2(CN1)Cc1cc(C3CC3)ncc1O2. The highest BCUT2D eigenvalue weighted by atomic mass is 16.5. The van der Waals surface area contributed by atoms with Crippen LogP contribution in [0.5, 0.6) is 5.75 Å². The number of hydrogen-bond donors (Lipinski definition) is 1. The maximum atomic E-state index is 6.16. The van der Waals surface area contributed by atoms with Crippen molar-refractivity contribution in [3.63, 3.8) is 0 Å². The third kappa shape index (κ3) is 1.56. The van der Waals surface area contributed by atoms with Crippen LogP contribution < -0.4 is 10.1 Å². The van der Waals surface area contributed by atoms with Crippen LogP contribution in [-0.4, -0.2) is 23.2 Å². The van der Waals surface area contributed by atoms with Crippen LogP contribution in [0.4, 0.5) is 0 Å². The molecule has 1 saturated carbocycles. The van der Waals surface area contributed by atoms with Gasteiger partial charge in [-0.05, 0) is 25.8 Å². The summed E-state index contributed by atoms with van der Waals surface area (Å²) >= 11 is 0. The van der Waals surface area contributed by atoms with Gasteiger partial charge in [0.15, 0.2) is 0 Å². The van der Waals surface area contributed by atoms with E-state index in [0.29, 0.717) is 6.04 Å². The van der Waals surface area contributed by atoms with Crippen LogP contribution in [0.2, 0.25) is 0 Å². The van der Waals surface area contributed by atoms with E-state index in [9.17, 15) is 0 Å². The minimum absolute atomic E-state index is 0.0194. The van der Waals surface area contributed by atoms with Crippen molar-refractivity contribution in [2.45, 2.75) is 50.2 Å². The predicted molar refractivity (Wildman–Crippen MR) is 65.4 cm³/mol. The number of nitrogens with one attached hydrogen (secondary N) is 1. The largest absolute Gasteiger partial charge is 0.484 e. The van der Waals surface area contributed by atoms with Crippen molar-refractivity contribution in [2.24, 2.45) is 0 Å². The van der Waals surface area contributed by atoms with Gasteiger partial charge in [-0.1, -0.05) is 0 Å². The van der Waals surface area contributed by atoms with Gasteiger partial charge in [-0.3, -0.25) is 4.98 Å². The van der Waals surface area contributed by atoms with Gasteiger partial charge in [-0.25, -0.2) is 0 Å². The zero-order chi connectivity index (χ0) is 11.5. The molecule has 3 nitrogen and oxygen atoms in total. The summed E-state index contributed by atoms with van der Waals surface area (Å²) < 4.78 is 6.16. The minimum atomic E-state index is 0.0194. The van der Waals surface area contributed by atoms with Gasteiger partial charge in [0.2, 0.25) is 0 Å². The van der Waals surface area contributed by atoms with Gasteiger partial charge in [0.25, 0.3) is 0 Å². The first-order valence-electron chi connectivity index (χ1n) is 6.65. The third-order valence-electron chi connectivity index (χ3n) is 4.26. The number of hydrogen-bond acceptors (Lipinski definition) is 3. The summed E-state index contributed by atoms with van der Waals surface area (Å²) in [6, 6.07) is 2.85. The number of rotatable bonds is 1. The van der Waals surface area contributed by atoms with Gasteiger partial charge < -0.3 is 10.1 Å². The standard InChI is InChI=1S/C14H18N2O/c1-9-5-14(8-16-9)6-11-4-12(10-2-3-10)15-7-13(11)17-14/h4,7,9-10,16H,2-3,5-6,8H2,1H3/t9-,14-/m0/s1. The van der Waals surface area contributed by atoms with E-state index in [1.807, 2.05) is 6.20 Å². The molecule has 1 aromatic rings. The van der Waals surface area contributed by atoms with Crippen molar-refractivity contribution in [3.05, 3.63) is 23.5 Å². The zero-order valence-electron chi connectivity index (χ0n) is 10.2. The summed E-state index contributed by atoms with van der Waals surface area (Å²) in [5.74, 6) is 1.75. The smallest absolute Gasteiger partial charge is 0.141 e. The highest BCUT2D eigenvalue weighted by Crippen LogP contribution is 2.44. The van der Waals surface area contributed by atoms with E-state index >= 15 is 0 Å². The van der Waals surface area contributed by atoms with E-state index in [-0.39, 0.29) is 5.60 Å². The van der Waals surface area contributed by atoms with Gasteiger partial charge in [-0.15, -0.1) is 0 Å². The summed E-state index contributed by atoms with van der Waals surface area (Å²) in [7, 11) is 0. The molecule has 2 atom stereocenters. The third-order valence-corrected chi connectivity index (χ3v) is 4.26. The summed E-state index contributed by atoms with van der Waals surface area (Å²) in [5.41, 5.74) is 2.67. The quantitative estimate of drug-likeness (QED) is 0.801. The van der Waals surface area contributed by atoms with Crippen LogP contribution in [0.15, 0.2) is 12.3 Å². The Bertz CT molecular complexity index is 469. The van der Waals surface area contributed by atoms with Crippen LogP contribution in [-0.2, 0) is 6.42 Å². The van der Waals surface area contributed by atoms with E-state index in [1.165, 1.54) is 24.1 Å². The minimum Gasteiger partial charge on any atom is -0.484 e.